The Hall–Kier alpha value is -7.34. The fourth-order valence-corrected chi connectivity index (χ4v) is 9.30. The third-order valence-electron chi connectivity index (χ3n) is 12.0. The first-order chi connectivity index (χ1) is 28.9. The summed E-state index contributed by atoms with van der Waals surface area (Å²) in [5.74, 6) is 0. The van der Waals surface area contributed by atoms with Gasteiger partial charge in [-0.25, -0.2) is 9.98 Å². The number of hydrogen-bond donors (Lipinski definition) is 2. The molecule has 0 saturated heterocycles. The number of aromatic nitrogens is 6. The van der Waals surface area contributed by atoms with Crippen LogP contribution in [0.4, 0.5) is 5.69 Å². The van der Waals surface area contributed by atoms with Crippen LogP contribution < -0.4 is 32.9 Å². The normalized spacial score (nSPS) is 13.7. The molecular weight excluding hydrogens is 741 g/mol. The molecule has 0 aliphatic carbocycles. The Morgan fingerprint density at radius 2 is 1.08 bits per heavy atom. The van der Waals surface area contributed by atoms with E-state index in [0.717, 1.165) is 29.4 Å². The van der Waals surface area contributed by atoms with Crippen molar-refractivity contribution in [2.24, 2.45) is 4.99 Å². The Labute approximate surface area is 333 Å². The fourth-order valence-electron chi connectivity index (χ4n) is 9.30. The zero-order valence-corrected chi connectivity index (χ0v) is 32.3. The van der Waals surface area contributed by atoms with E-state index in [9.17, 15) is 0 Å². The van der Waals surface area contributed by atoms with Gasteiger partial charge in [-0.2, -0.15) is 0 Å². The first-order valence-electron chi connectivity index (χ1n) is 20.1. The third-order valence-corrected chi connectivity index (χ3v) is 12.0. The van der Waals surface area contributed by atoms with E-state index in [1.165, 1.54) is 9.13 Å². The van der Waals surface area contributed by atoms with Crippen molar-refractivity contribution in [1.82, 2.24) is 29.1 Å². The minimum atomic E-state index is -1.27. The van der Waals surface area contributed by atoms with Crippen LogP contribution in [0.3, 0.4) is 0 Å². The van der Waals surface area contributed by atoms with E-state index in [2.05, 4.69) is 10.3 Å². The summed E-state index contributed by atoms with van der Waals surface area (Å²) in [4.78, 5) is 84.2. The highest BCUT2D eigenvalue weighted by Gasteiger charge is 2.41. The molecule has 11 rings (SSSR count). The number of pyridine rings is 4. The lowest BCUT2D eigenvalue weighted by Crippen LogP contribution is -2.38. The summed E-state index contributed by atoms with van der Waals surface area (Å²) in [5.41, 5.74) is 1.43. The van der Waals surface area contributed by atoms with Gasteiger partial charge >= 0.3 is 0 Å². The lowest BCUT2D eigenvalue weighted by molar-refractivity contribution is 0.603. The van der Waals surface area contributed by atoms with E-state index in [1.807, 2.05) is 98.8 Å². The van der Waals surface area contributed by atoms with Gasteiger partial charge in [0.15, 0.2) is 5.66 Å². The Bertz CT molecular complexity index is 3670. The van der Waals surface area contributed by atoms with E-state index in [-0.39, 0.29) is 56.3 Å². The van der Waals surface area contributed by atoms with Crippen molar-refractivity contribution in [3.63, 3.8) is 0 Å². The number of unbranched alkanes of at least 4 members (excludes halogenated alkanes) is 2. The highest BCUT2D eigenvalue weighted by molar-refractivity contribution is 6.34. The maximum atomic E-state index is 15.1. The maximum Gasteiger partial charge on any atom is 0.263 e. The summed E-state index contributed by atoms with van der Waals surface area (Å²) in [6, 6.07) is 26.8. The molecule has 0 saturated carbocycles. The van der Waals surface area contributed by atoms with Crippen molar-refractivity contribution in [1.29, 1.82) is 0 Å². The van der Waals surface area contributed by atoms with Crippen LogP contribution in [-0.2, 0) is 18.8 Å². The fraction of sp³-hybridized carbons (Fsp3) is 0.191. The molecule has 1 aliphatic heterocycles. The monoisotopic (exact) mass is 776 g/mol. The summed E-state index contributed by atoms with van der Waals surface area (Å²) >= 11 is 0. The van der Waals surface area contributed by atoms with Crippen LogP contribution in [0.15, 0.2) is 121 Å². The van der Waals surface area contributed by atoms with Crippen molar-refractivity contribution >= 4 is 81.9 Å². The van der Waals surface area contributed by atoms with Gasteiger partial charge in [0, 0.05) is 58.2 Å². The van der Waals surface area contributed by atoms with Crippen molar-refractivity contribution in [3.8, 4) is 0 Å². The van der Waals surface area contributed by atoms with Crippen molar-refractivity contribution in [3.05, 3.63) is 155 Å². The van der Waals surface area contributed by atoms with Gasteiger partial charge in [0.05, 0.1) is 60.2 Å². The van der Waals surface area contributed by atoms with E-state index < -0.39 is 27.9 Å². The molecule has 5 aromatic carbocycles. The van der Waals surface area contributed by atoms with E-state index >= 15 is 19.2 Å². The quantitative estimate of drug-likeness (QED) is 0.123. The third kappa shape index (κ3) is 4.65. The molecule has 2 N–H and O–H groups in total. The summed E-state index contributed by atoms with van der Waals surface area (Å²) in [6.45, 7) is 4.33. The molecular formula is C47H36N8O4. The van der Waals surface area contributed by atoms with E-state index in [1.54, 1.807) is 12.4 Å². The number of benzene rings is 5. The molecule has 10 aromatic rings. The van der Waals surface area contributed by atoms with Crippen LogP contribution in [0, 0.1) is 0 Å². The molecule has 0 amide bonds. The molecule has 12 heteroatoms. The Balaban J connectivity index is 1.45. The number of hydrogen-bond acceptors (Lipinski definition) is 9. The number of nitrogens with one attached hydrogen (secondary N) is 2. The number of nitrogens with zero attached hydrogens (tertiary/aromatic N) is 6. The summed E-state index contributed by atoms with van der Waals surface area (Å²) in [5, 5.41) is 6.50. The minimum Gasteiger partial charge on any atom is -0.351 e. The number of rotatable bonds is 8. The summed E-state index contributed by atoms with van der Waals surface area (Å²) in [7, 11) is 0. The van der Waals surface area contributed by atoms with E-state index in [4.69, 9.17) is 19.9 Å². The second-order valence-electron chi connectivity index (χ2n) is 15.4. The van der Waals surface area contributed by atoms with Crippen LogP contribution in [0.1, 0.15) is 50.7 Å². The Kier molecular flexibility index (Phi) is 7.59. The standard InChI is InChI=1S/C47H36N8O4/c1-3-5-23-54-43(56)31-29-30-32(40-39(31)50-37-27-19-13-21-48-35(27)36-28(38(37)51-40)20-14-22-49-36)44(57)55(24-6-4-2)46(59)34(30)42-41(33(29)45(54)58)52-47(53-42,25-15-9-7-10-16-25)26-17-11-8-12-18-26/h7-22,50,53H,3-6,23-24H2,1-2H3. The van der Waals surface area contributed by atoms with Gasteiger partial charge in [-0.05, 0) is 37.1 Å². The second-order valence-corrected chi connectivity index (χ2v) is 15.4. The SMILES string of the molecule is CCCCn1c(=O)c2c3c(c4c(=O)n(CCCC)c(=O)c5c6[nH]c7c8cccnc8c8ncccc8c7nc6c(c1=O)c2c45)=NC(c1ccccc1)(c1ccccc1)N3. The average molecular weight is 777 g/mol. The van der Waals surface area contributed by atoms with Gasteiger partial charge in [-0.3, -0.25) is 38.3 Å². The molecule has 288 valence electrons. The molecule has 59 heavy (non-hydrogen) atoms. The maximum absolute atomic E-state index is 15.1. The first kappa shape index (κ1) is 34.9. The second kappa shape index (κ2) is 12.8. The van der Waals surface area contributed by atoms with Crippen molar-refractivity contribution < 1.29 is 0 Å². The topological polar surface area (TPSA) is 157 Å². The van der Waals surface area contributed by atoms with Crippen LogP contribution in [0.5, 0.6) is 0 Å². The predicted octanol–water partition coefficient (Wildman–Crippen LogP) is 7.02. The molecule has 0 bridgehead atoms. The zero-order chi connectivity index (χ0) is 40.2. The van der Waals surface area contributed by atoms with Gasteiger partial charge < -0.3 is 10.3 Å². The Morgan fingerprint density at radius 1 is 0.542 bits per heavy atom. The minimum absolute atomic E-state index is 0.149. The molecule has 1 aliphatic rings. The van der Waals surface area contributed by atoms with Crippen LogP contribution in [-0.4, -0.2) is 29.1 Å². The van der Waals surface area contributed by atoms with E-state index in [0.29, 0.717) is 51.5 Å². The van der Waals surface area contributed by atoms with Crippen LogP contribution in [0.2, 0.25) is 0 Å². The molecule has 0 atom stereocenters. The molecule has 0 unspecified atom stereocenters. The number of H-pyrrole nitrogens is 1. The number of aromatic amines is 1. The Morgan fingerprint density at radius 3 is 1.71 bits per heavy atom. The van der Waals surface area contributed by atoms with Crippen molar-refractivity contribution in [2.45, 2.75) is 58.3 Å². The predicted molar refractivity (Wildman–Crippen MR) is 233 cm³/mol. The van der Waals surface area contributed by atoms with Crippen molar-refractivity contribution in [2.75, 3.05) is 5.32 Å². The molecule has 0 spiro atoms. The lowest BCUT2D eigenvalue weighted by atomic mass is 9.91. The zero-order valence-electron chi connectivity index (χ0n) is 32.3. The molecule has 0 radical (unpaired) electrons. The van der Waals surface area contributed by atoms with Gasteiger partial charge in [0.25, 0.3) is 22.2 Å². The van der Waals surface area contributed by atoms with Crippen LogP contribution in [0.25, 0.3) is 76.2 Å². The highest BCUT2D eigenvalue weighted by atomic mass is 16.2. The number of fused-ring (bicyclic) bond motifs is 12. The highest BCUT2D eigenvalue weighted by Crippen LogP contribution is 2.44. The van der Waals surface area contributed by atoms with Gasteiger partial charge in [-0.1, -0.05) is 87.4 Å². The van der Waals surface area contributed by atoms with Crippen LogP contribution >= 0.6 is 0 Å². The average Bonchev–Trinajstić information content (AvgIpc) is 3.68. The molecule has 6 heterocycles. The van der Waals surface area contributed by atoms with Gasteiger partial charge in [0.1, 0.15) is 5.52 Å². The van der Waals surface area contributed by atoms with Gasteiger partial charge in [-0.15, -0.1) is 0 Å². The largest absolute Gasteiger partial charge is 0.351 e. The number of anilines is 1. The molecule has 0 fully saturated rings. The molecule has 5 aromatic heterocycles. The lowest BCUT2D eigenvalue weighted by Gasteiger charge is -2.29. The first-order valence-corrected chi connectivity index (χ1v) is 20.1. The smallest absolute Gasteiger partial charge is 0.263 e. The van der Waals surface area contributed by atoms with Gasteiger partial charge in [0.2, 0.25) is 0 Å². The summed E-state index contributed by atoms with van der Waals surface area (Å²) in [6.07, 6.45) is 6.03. The molecule has 12 nitrogen and oxygen atoms in total. The summed E-state index contributed by atoms with van der Waals surface area (Å²) < 4.78 is 2.57.